The molecule has 0 atom stereocenters. The summed E-state index contributed by atoms with van der Waals surface area (Å²) in [6.07, 6.45) is 0. The molecule has 4 heterocycles. The van der Waals surface area contributed by atoms with Gasteiger partial charge in [-0.1, -0.05) is 0 Å². The number of hydrogen-bond acceptors (Lipinski definition) is 7. The van der Waals surface area contributed by atoms with Crippen molar-refractivity contribution in [2.45, 2.75) is 0 Å². The molecule has 4 rings (SSSR count). The van der Waals surface area contributed by atoms with E-state index in [0.29, 0.717) is 0 Å². The lowest BCUT2D eigenvalue weighted by Crippen LogP contribution is -2.44. The molecular formula is C14H20ClN5OS. The van der Waals surface area contributed by atoms with Gasteiger partial charge in [-0.3, -0.25) is 0 Å². The second-order valence-electron chi connectivity index (χ2n) is 5.32. The van der Waals surface area contributed by atoms with Gasteiger partial charge in [-0.15, -0.1) is 23.7 Å². The molecule has 0 radical (unpaired) electrons. The minimum Gasteiger partial charge on any atom is -0.378 e. The fraction of sp³-hybridized carbons (Fsp3) is 0.571. The molecule has 0 aromatic carbocycles. The molecule has 0 spiro atoms. The first-order valence-corrected chi connectivity index (χ1v) is 8.33. The molecule has 2 aliphatic rings. The zero-order valence-corrected chi connectivity index (χ0v) is 14.0. The molecule has 0 amide bonds. The zero-order valence-electron chi connectivity index (χ0n) is 12.3. The number of nitrogens with zero attached hydrogens (tertiary/aromatic N) is 4. The van der Waals surface area contributed by atoms with Crippen LogP contribution in [0.4, 0.5) is 11.8 Å². The average Bonchev–Trinajstić information content (AvgIpc) is 3.04. The Morgan fingerprint density at radius 3 is 2.59 bits per heavy atom. The number of fused-ring (bicyclic) bond motifs is 1. The van der Waals surface area contributed by atoms with E-state index in [9.17, 15) is 0 Å². The Kier molecular flexibility index (Phi) is 4.97. The van der Waals surface area contributed by atoms with Crippen molar-refractivity contribution in [2.24, 2.45) is 0 Å². The van der Waals surface area contributed by atoms with Gasteiger partial charge in [0.05, 0.1) is 23.4 Å². The van der Waals surface area contributed by atoms with Gasteiger partial charge in [0, 0.05) is 39.3 Å². The molecule has 120 valence electrons. The second-order valence-corrected chi connectivity index (χ2v) is 6.23. The van der Waals surface area contributed by atoms with Gasteiger partial charge in [0.25, 0.3) is 0 Å². The van der Waals surface area contributed by atoms with Gasteiger partial charge in [-0.05, 0) is 11.4 Å². The van der Waals surface area contributed by atoms with Crippen molar-refractivity contribution < 1.29 is 4.74 Å². The Bertz CT molecular complexity index is 625. The van der Waals surface area contributed by atoms with Crippen LogP contribution < -0.4 is 15.1 Å². The predicted molar refractivity (Wildman–Crippen MR) is 92.8 cm³/mol. The number of thiophene rings is 1. The molecule has 2 saturated heterocycles. The maximum Gasteiger partial charge on any atom is 0.228 e. The van der Waals surface area contributed by atoms with Crippen LogP contribution in [0.25, 0.3) is 10.2 Å². The zero-order chi connectivity index (χ0) is 14.1. The molecule has 0 aliphatic carbocycles. The monoisotopic (exact) mass is 341 g/mol. The van der Waals surface area contributed by atoms with E-state index in [-0.39, 0.29) is 12.4 Å². The molecule has 2 aromatic rings. The first kappa shape index (κ1) is 15.7. The van der Waals surface area contributed by atoms with Gasteiger partial charge >= 0.3 is 0 Å². The summed E-state index contributed by atoms with van der Waals surface area (Å²) in [5, 5.41) is 5.47. The summed E-state index contributed by atoms with van der Waals surface area (Å²) >= 11 is 1.72. The number of nitrogens with one attached hydrogen (secondary N) is 1. The van der Waals surface area contributed by atoms with E-state index in [1.54, 1.807) is 11.3 Å². The van der Waals surface area contributed by atoms with E-state index in [1.165, 1.54) is 4.70 Å². The van der Waals surface area contributed by atoms with Crippen molar-refractivity contribution >= 4 is 45.7 Å². The first-order valence-electron chi connectivity index (χ1n) is 7.45. The van der Waals surface area contributed by atoms with Crippen LogP contribution in [0.2, 0.25) is 0 Å². The van der Waals surface area contributed by atoms with E-state index in [2.05, 4.69) is 26.6 Å². The maximum absolute atomic E-state index is 5.46. The van der Waals surface area contributed by atoms with Crippen LogP contribution in [0.1, 0.15) is 0 Å². The molecule has 0 unspecified atom stereocenters. The smallest absolute Gasteiger partial charge is 0.228 e. The molecule has 1 N–H and O–H groups in total. The maximum atomic E-state index is 5.46. The minimum atomic E-state index is 0. The lowest BCUT2D eigenvalue weighted by Gasteiger charge is -2.31. The van der Waals surface area contributed by atoms with E-state index in [0.717, 1.165) is 69.8 Å². The Morgan fingerprint density at radius 1 is 1.05 bits per heavy atom. The highest BCUT2D eigenvalue weighted by atomic mass is 35.5. The molecule has 2 aliphatic heterocycles. The van der Waals surface area contributed by atoms with Crippen LogP contribution in [-0.2, 0) is 4.74 Å². The summed E-state index contributed by atoms with van der Waals surface area (Å²) in [5.74, 6) is 1.94. The van der Waals surface area contributed by atoms with E-state index in [1.807, 2.05) is 0 Å². The summed E-state index contributed by atoms with van der Waals surface area (Å²) in [4.78, 5) is 14.2. The number of ether oxygens (including phenoxy) is 1. The van der Waals surface area contributed by atoms with Crippen LogP contribution in [0.5, 0.6) is 0 Å². The van der Waals surface area contributed by atoms with E-state index < -0.39 is 0 Å². The summed E-state index contributed by atoms with van der Waals surface area (Å²) < 4.78 is 6.65. The standard InChI is InChI=1S/C14H19N5OS.ClH/c1-10-21-12-11(1)16-14(19-4-2-15-3-5-19)17-13(12)18-6-8-20-9-7-18;/h1,10,15H,2-9H2;1H. The van der Waals surface area contributed by atoms with E-state index in [4.69, 9.17) is 14.7 Å². The number of halogens is 1. The van der Waals surface area contributed by atoms with Crippen molar-refractivity contribution in [3.05, 3.63) is 11.4 Å². The van der Waals surface area contributed by atoms with Gasteiger partial charge < -0.3 is 19.9 Å². The summed E-state index contributed by atoms with van der Waals surface area (Å²) in [6, 6.07) is 2.09. The summed E-state index contributed by atoms with van der Waals surface area (Å²) in [5.41, 5.74) is 1.06. The number of piperazine rings is 1. The molecule has 0 saturated carbocycles. The largest absolute Gasteiger partial charge is 0.378 e. The number of morpholine rings is 1. The molecule has 0 bridgehead atoms. The van der Waals surface area contributed by atoms with Crippen molar-refractivity contribution in [3.8, 4) is 0 Å². The number of anilines is 2. The Labute approximate surface area is 139 Å². The molecule has 2 fully saturated rings. The minimum absolute atomic E-state index is 0. The van der Waals surface area contributed by atoms with Crippen LogP contribution in [0.15, 0.2) is 11.4 Å². The van der Waals surface area contributed by atoms with E-state index >= 15 is 0 Å². The van der Waals surface area contributed by atoms with Gasteiger partial charge in [0.2, 0.25) is 5.95 Å². The molecule has 6 nitrogen and oxygen atoms in total. The third-order valence-electron chi connectivity index (χ3n) is 3.98. The van der Waals surface area contributed by atoms with Gasteiger partial charge in [-0.2, -0.15) is 4.98 Å². The summed E-state index contributed by atoms with van der Waals surface area (Å²) in [6.45, 7) is 7.31. The number of hydrogen-bond donors (Lipinski definition) is 1. The molecule has 22 heavy (non-hydrogen) atoms. The van der Waals surface area contributed by atoms with Gasteiger partial charge in [-0.25, -0.2) is 4.98 Å². The highest BCUT2D eigenvalue weighted by Crippen LogP contribution is 2.31. The van der Waals surface area contributed by atoms with Crippen molar-refractivity contribution in [1.29, 1.82) is 0 Å². The number of aromatic nitrogens is 2. The molecular weight excluding hydrogens is 322 g/mol. The topological polar surface area (TPSA) is 53.5 Å². The first-order chi connectivity index (χ1) is 10.4. The Balaban J connectivity index is 0.00000144. The fourth-order valence-electron chi connectivity index (χ4n) is 2.83. The average molecular weight is 342 g/mol. The fourth-order valence-corrected chi connectivity index (χ4v) is 3.68. The lowest BCUT2D eigenvalue weighted by molar-refractivity contribution is 0.122. The lowest BCUT2D eigenvalue weighted by atomic mass is 10.3. The molecule has 8 heteroatoms. The Morgan fingerprint density at radius 2 is 1.82 bits per heavy atom. The van der Waals surface area contributed by atoms with Crippen LogP contribution >= 0.6 is 23.7 Å². The van der Waals surface area contributed by atoms with Crippen molar-refractivity contribution in [1.82, 2.24) is 15.3 Å². The third-order valence-corrected chi connectivity index (χ3v) is 4.88. The van der Waals surface area contributed by atoms with Gasteiger partial charge in [0.1, 0.15) is 0 Å². The normalized spacial score (nSPS) is 19.3. The predicted octanol–water partition coefficient (Wildman–Crippen LogP) is 1.36. The molecule has 2 aromatic heterocycles. The summed E-state index contributed by atoms with van der Waals surface area (Å²) in [7, 11) is 0. The van der Waals surface area contributed by atoms with Crippen LogP contribution in [-0.4, -0.2) is 62.5 Å². The Hall–Kier alpha value is -1.15. The van der Waals surface area contributed by atoms with Crippen molar-refractivity contribution in [3.63, 3.8) is 0 Å². The number of rotatable bonds is 2. The van der Waals surface area contributed by atoms with Crippen molar-refractivity contribution in [2.75, 3.05) is 62.3 Å². The highest BCUT2D eigenvalue weighted by Gasteiger charge is 2.21. The quantitative estimate of drug-likeness (QED) is 0.890. The van der Waals surface area contributed by atoms with Crippen LogP contribution in [0, 0.1) is 0 Å². The highest BCUT2D eigenvalue weighted by molar-refractivity contribution is 7.17. The third kappa shape index (κ3) is 2.99. The SMILES string of the molecule is Cl.c1cc2nc(N3CCNCC3)nc(N3CCOCC3)c2s1. The van der Waals surface area contributed by atoms with Gasteiger partial charge in [0.15, 0.2) is 5.82 Å². The second kappa shape index (κ2) is 6.95. The van der Waals surface area contributed by atoms with Crippen LogP contribution in [0.3, 0.4) is 0 Å².